The molecule has 6 nitrogen and oxygen atoms in total. The molecule has 0 atom stereocenters. The first kappa shape index (κ1) is 23.1. The van der Waals surface area contributed by atoms with Gasteiger partial charge in [0.05, 0.1) is 0 Å². The van der Waals surface area contributed by atoms with Gasteiger partial charge in [-0.3, -0.25) is 0 Å². The minimum absolute atomic E-state index is 0. The molecule has 150 valence electrons. The average Bonchev–Trinajstić information content (AvgIpc) is 2.68. The van der Waals surface area contributed by atoms with E-state index in [2.05, 4.69) is 19.7 Å². The van der Waals surface area contributed by atoms with Crippen LogP contribution in [0.4, 0.5) is 0 Å². The summed E-state index contributed by atoms with van der Waals surface area (Å²) >= 11 is 0. The smallest absolute Gasteiger partial charge is 0.338 e. The monoisotopic (exact) mass is 394 g/mol. The highest BCUT2D eigenvalue weighted by Crippen LogP contribution is 2.31. The Morgan fingerprint density at radius 2 is 1.24 bits per heavy atom. The predicted molar refractivity (Wildman–Crippen MR) is 111 cm³/mol. The van der Waals surface area contributed by atoms with Gasteiger partial charge in [-0.05, 0) is 42.3 Å². The summed E-state index contributed by atoms with van der Waals surface area (Å²) in [5.41, 5.74) is 1.55. The SMILES string of the molecule is C.C=CC(=O)Oc1ccc(-c2cc(OC(=O)C=C)cc(OC(=O)C(=C)C)c2)cc1. The first-order chi connectivity index (χ1) is 13.3. The highest BCUT2D eigenvalue weighted by Gasteiger charge is 2.12. The molecule has 2 aromatic carbocycles. The zero-order valence-electron chi connectivity index (χ0n) is 15.3. The molecule has 6 heteroatoms. The molecular weight excluding hydrogens is 372 g/mol. The van der Waals surface area contributed by atoms with Gasteiger partial charge in [0.15, 0.2) is 0 Å². The maximum Gasteiger partial charge on any atom is 0.338 e. The van der Waals surface area contributed by atoms with E-state index in [4.69, 9.17) is 14.2 Å². The fourth-order valence-electron chi connectivity index (χ4n) is 2.08. The Hall–Kier alpha value is -3.93. The zero-order valence-corrected chi connectivity index (χ0v) is 15.3. The molecule has 0 aliphatic carbocycles. The van der Waals surface area contributed by atoms with Crippen molar-refractivity contribution in [3.63, 3.8) is 0 Å². The lowest BCUT2D eigenvalue weighted by Gasteiger charge is -2.11. The molecule has 0 amide bonds. The van der Waals surface area contributed by atoms with Crippen molar-refractivity contribution < 1.29 is 28.6 Å². The Balaban J connectivity index is 0.00000420. The quantitative estimate of drug-likeness (QED) is 0.386. The average molecular weight is 394 g/mol. The summed E-state index contributed by atoms with van der Waals surface area (Å²) in [5, 5.41) is 0. The van der Waals surface area contributed by atoms with Crippen LogP contribution < -0.4 is 14.2 Å². The summed E-state index contributed by atoms with van der Waals surface area (Å²) in [6.45, 7) is 11.7. The van der Waals surface area contributed by atoms with Crippen LogP contribution in [0.2, 0.25) is 0 Å². The number of esters is 3. The van der Waals surface area contributed by atoms with Crippen LogP contribution in [0.15, 0.2) is 79.9 Å². The van der Waals surface area contributed by atoms with Gasteiger partial charge >= 0.3 is 17.9 Å². The first-order valence-electron chi connectivity index (χ1n) is 8.14. The van der Waals surface area contributed by atoms with Gasteiger partial charge in [-0.1, -0.05) is 39.3 Å². The van der Waals surface area contributed by atoms with Crippen molar-refractivity contribution in [2.24, 2.45) is 0 Å². The highest BCUT2D eigenvalue weighted by atomic mass is 16.5. The minimum Gasteiger partial charge on any atom is -0.423 e. The Kier molecular flexibility index (Phi) is 8.30. The third-order valence-corrected chi connectivity index (χ3v) is 3.40. The third kappa shape index (κ3) is 6.62. The van der Waals surface area contributed by atoms with Gasteiger partial charge in [-0.2, -0.15) is 0 Å². The van der Waals surface area contributed by atoms with Crippen molar-refractivity contribution in [1.82, 2.24) is 0 Å². The van der Waals surface area contributed by atoms with E-state index in [1.54, 1.807) is 36.4 Å². The summed E-state index contributed by atoms with van der Waals surface area (Å²) < 4.78 is 15.4. The molecule has 2 rings (SSSR count). The number of rotatable bonds is 7. The van der Waals surface area contributed by atoms with Crippen molar-refractivity contribution in [2.45, 2.75) is 14.4 Å². The van der Waals surface area contributed by atoms with Crippen molar-refractivity contribution >= 4 is 17.9 Å². The molecule has 0 aliphatic rings. The van der Waals surface area contributed by atoms with Gasteiger partial charge in [-0.25, -0.2) is 14.4 Å². The van der Waals surface area contributed by atoms with Crippen LogP contribution >= 0.6 is 0 Å². The van der Waals surface area contributed by atoms with Crippen LogP contribution in [0.3, 0.4) is 0 Å². The van der Waals surface area contributed by atoms with Crippen molar-refractivity contribution in [3.8, 4) is 28.4 Å². The fourth-order valence-corrected chi connectivity index (χ4v) is 2.08. The molecule has 0 N–H and O–H groups in total. The maximum absolute atomic E-state index is 11.8. The molecule has 0 unspecified atom stereocenters. The number of carbonyl (C=O) groups is 3. The second-order valence-electron chi connectivity index (χ2n) is 5.64. The van der Waals surface area contributed by atoms with Crippen LogP contribution in [0, 0.1) is 0 Å². The van der Waals surface area contributed by atoms with Crippen molar-refractivity contribution in [3.05, 3.63) is 79.9 Å². The van der Waals surface area contributed by atoms with Crippen LogP contribution in [-0.4, -0.2) is 17.9 Å². The van der Waals surface area contributed by atoms with Gasteiger partial charge in [-0.15, -0.1) is 0 Å². The summed E-state index contributed by atoms with van der Waals surface area (Å²) in [4.78, 5) is 34.6. The highest BCUT2D eigenvalue weighted by molar-refractivity contribution is 5.89. The van der Waals surface area contributed by atoms with E-state index < -0.39 is 17.9 Å². The summed E-state index contributed by atoms with van der Waals surface area (Å²) in [7, 11) is 0. The summed E-state index contributed by atoms with van der Waals surface area (Å²) in [5.74, 6) is -1.13. The van der Waals surface area contributed by atoms with Crippen LogP contribution in [0.5, 0.6) is 17.2 Å². The molecule has 0 heterocycles. The van der Waals surface area contributed by atoms with E-state index in [9.17, 15) is 14.4 Å². The molecular formula is C23H22O6. The van der Waals surface area contributed by atoms with E-state index in [1.807, 2.05) is 0 Å². The van der Waals surface area contributed by atoms with Gasteiger partial charge in [0.2, 0.25) is 0 Å². The minimum atomic E-state index is -0.652. The van der Waals surface area contributed by atoms with E-state index in [0.29, 0.717) is 16.9 Å². The number of carbonyl (C=O) groups excluding carboxylic acids is 3. The van der Waals surface area contributed by atoms with Gasteiger partial charge in [0.25, 0.3) is 0 Å². The second kappa shape index (κ2) is 10.4. The van der Waals surface area contributed by atoms with Crippen molar-refractivity contribution in [1.29, 1.82) is 0 Å². The normalized spacial score (nSPS) is 9.41. The Morgan fingerprint density at radius 3 is 1.72 bits per heavy atom. The van der Waals surface area contributed by atoms with Crippen LogP contribution in [0.1, 0.15) is 14.4 Å². The van der Waals surface area contributed by atoms with E-state index in [0.717, 1.165) is 12.2 Å². The molecule has 2 aromatic rings. The molecule has 0 saturated carbocycles. The van der Waals surface area contributed by atoms with Crippen LogP contribution in [-0.2, 0) is 14.4 Å². The van der Waals surface area contributed by atoms with E-state index >= 15 is 0 Å². The number of ether oxygens (including phenoxy) is 3. The molecule has 29 heavy (non-hydrogen) atoms. The lowest BCUT2D eigenvalue weighted by Crippen LogP contribution is -2.09. The maximum atomic E-state index is 11.8. The summed E-state index contributed by atoms with van der Waals surface area (Å²) in [6, 6.07) is 11.2. The van der Waals surface area contributed by atoms with E-state index in [1.165, 1.54) is 13.0 Å². The van der Waals surface area contributed by atoms with Crippen LogP contribution in [0.25, 0.3) is 11.1 Å². The summed E-state index contributed by atoms with van der Waals surface area (Å²) in [6.07, 6.45) is 2.09. The lowest BCUT2D eigenvalue weighted by atomic mass is 10.0. The first-order valence-corrected chi connectivity index (χ1v) is 8.14. The van der Waals surface area contributed by atoms with Crippen molar-refractivity contribution in [2.75, 3.05) is 0 Å². The number of benzene rings is 2. The molecule has 0 fully saturated rings. The molecule has 0 radical (unpaired) electrons. The van der Waals surface area contributed by atoms with Gasteiger partial charge in [0, 0.05) is 23.8 Å². The third-order valence-electron chi connectivity index (χ3n) is 3.40. The Labute approximate surface area is 169 Å². The molecule has 0 spiro atoms. The fraction of sp³-hybridized carbons (Fsp3) is 0.0870. The number of hydrogen-bond acceptors (Lipinski definition) is 6. The Morgan fingerprint density at radius 1 is 0.759 bits per heavy atom. The van der Waals surface area contributed by atoms with Gasteiger partial charge < -0.3 is 14.2 Å². The topological polar surface area (TPSA) is 78.9 Å². The Bertz CT molecular complexity index is 954. The molecule has 0 bridgehead atoms. The molecule has 0 aliphatic heterocycles. The van der Waals surface area contributed by atoms with E-state index in [-0.39, 0.29) is 24.5 Å². The zero-order chi connectivity index (χ0) is 20.7. The molecule has 0 saturated heterocycles. The largest absolute Gasteiger partial charge is 0.423 e. The number of hydrogen-bond donors (Lipinski definition) is 0. The lowest BCUT2D eigenvalue weighted by molar-refractivity contribution is -0.130. The van der Waals surface area contributed by atoms with Gasteiger partial charge in [0.1, 0.15) is 17.2 Å². The molecule has 0 aromatic heterocycles. The second-order valence-corrected chi connectivity index (χ2v) is 5.64. The predicted octanol–water partition coefficient (Wildman–Crippen LogP) is 4.65. The standard InChI is InChI=1S/C22H18O6.CH4/c1-5-20(23)26-17-9-7-15(8-10-17)16-11-18(27-21(24)6-2)13-19(12-16)28-22(25)14(3)4;/h5-13H,1-3H2,4H3;1H4.